The van der Waals surface area contributed by atoms with Crippen molar-refractivity contribution in [1.29, 1.82) is 0 Å². The lowest BCUT2D eigenvalue weighted by molar-refractivity contribution is 0.164. The number of likely N-dealkylation sites (tertiary alicyclic amines) is 1. The lowest BCUT2D eigenvalue weighted by Crippen LogP contribution is -2.40. The van der Waals surface area contributed by atoms with E-state index in [4.69, 9.17) is 5.10 Å². The molecule has 0 aromatic carbocycles. The van der Waals surface area contributed by atoms with E-state index in [9.17, 15) is 0 Å². The molecule has 1 aliphatic heterocycles. The van der Waals surface area contributed by atoms with Gasteiger partial charge in [-0.15, -0.1) is 0 Å². The lowest BCUT2D eigenvalue weighted by atomic mass is 10.1. The van der Waals surface area contributed by atoms with E-state index in [1.165, 1.54) is 36.3 Å². The molecule has 5 nitrogen and oxygen atoms in total. The molecule has 3 rings (SSSR count). The molecule has 1 saturated heterocycles. The van der Waals surface area contributed by atoms with E-state index < -0.39 is 0 Å². The summed E-state index contributed by atoms with van der Waals surface area (Å²) < 4.78 is 2.18. The Morgan fingerprint density at radius 1 is 1.19 bits per heavy atom. The van der Waals surface area contributed by atoms with E-state index in [0.29, 0.717) is 6.04 Å². The van der Waals surface area contributed by atoms with E-state index >= 15 is 0 Å². The molecule has 27 heavy (non-hydrogen) atoms. The molecule has 148 valence electrons. The molecular formula is C22H35N5. The van der Waals surface area contributed by atoms with Crippen molar-refractivity contribution in [1.82, 2.24) is 24.6 Å². The van der Waals surface area contributed by atoms with Crippen molar-refractivity contribution in [3.8, 4) is 0 Å². The Bertz CT molecular complexity index is 709. The van der Waals surface area contributed by atoms with Crippen molar-refractivity contribution >= 4 is 0 Å². The zero-order chi connectivity index (χ0) is 19.2. The lowest BCUT2D eigenvalue weighted by Gasteiger charge is -2.30. The molecule has 1 unspecified atom stereocenters. The van der Waals surface area contributed by atoms with Crippen LogP contribution in [0.4, 0.5) is 0 Å². The Balaban J connectivity index is 1.79. The molecule has 3 heterocycles. The summed E-state index contributed by atoms with van der Waals surface area (Å²) in [6.07, 6.45) is 5.64. The van der Waals surface area contributed by atoms with Crippen LogP contribution in [0.25, 0.3) is 0 Å². The van der Waals surface area contributed by atoms with E-state index in [1.807, 2.05) is 12.3 Å². The molecule has 0 N–H and O–H groups in total. The molecule has 0 bridgehead atoms. The Morgan fingerprint density at radius 3 is 2.74 bits per heavy atom. The molecular weight excluding hydrogens is 334 g/mol. The van der Waals surface area contributed by atoms with Gasteiger partial charge in [0.25, 0.3) is 0 Å². The predicted octanol–water partition coefficient (Wildman–Crippen LogP) is 3.79. The summed E-state index contributed by atoms with van der Waals surface area (Å²) in [5.41, 5.74) is 5.03. The first-order chi connectivity index (χ1) is 13.1. The number of aromatic nitrogens is 3. The van der Waals surface area contributed by atoms with Gasteiger partial charge in [-0.2, -0.15) is 5.10 Å². The fraction of sp³-hybridized carbons (Fsp3) is 0.636. The van der Waals surface area contributed by atoms with E-state index in [-0.39, 0.29) is 0 Å². The van der Waals surface area contributed by atoms with Crippen molar-refractivity contribution in [2.75, 3.05) is 19.6 Å². The molecule has 2 aromatic rings. The fourth-order valence-corrected chi connectivity index (χ4v) is 4.34. The Morgan fingerprint density at radius 2 is 2.04 bits per heavy atom. The van der Waals surface area contributed by atoms with Crippen LogP contribution in [0, 0.1) is 13.8 Å². The van der Waals surface area contributed by atoms with Gasteiger partial charge in [-0.25, -0.2) is 0 Å². The summed E-state index contributed by atoms with van der Waals surface area (Å²) in [6.45, 7) is 15.2. The van der Waals surface area contributed by atoms with Crippen LogP contribution in [-0.4, -0.2) is 50.2 Å². The Hall–Kier alpha value is -1.72. The van der Waals surface area contributed by atoms with Crippen LogP contribution in [0.5, 0.6) is 0 Å². The van der Waals surface area contributed by atoms with Crippen LogP contribution in [0.1, 0.15) is 55.8 Å². The largest absolute Gasteiger partial charge is 0.299 e. The fourth-order valence-electron chi connectivity index (χ4n) is 4.34. The highest BCUT2D eigenvalue weighted by atomic mass is 15.3. The second-order valence-corrected chi connectivity index (χ2v) is 7.79. The minimum atomic E-state index is 0.657. The molecule has 5 heteroatoms. The smallest absolute Gasteiger partial charge is 0.0641 e. The van der Waals surface area contributed by atoms with Gasteiger partial charge in [-0.05, 0) is 58.3 Å². The SMILES string of the molecule is CCCn1nc(C)c(CN(Cc2ccccn2)CC2CCCN2CC)c1C. The highest BCUT2D eigenvalue weighted by molar-refractivity contribution is 5.24. The first kappa shape index (κ1) is 20.0. The van der Waals surface area contributed by atoms with Gasteiger partial charge >= 0.3 is 0 Å². The van der Waals surface area contributed by atoms with Gasteiger partial charge in [0.1, 0.15) is 0 Å². The van der Waals surface area contributed by atoms with Crippen molar-refractivity contribution < 1.29 is 0 Å². The summed E-state index contributed by atoms with van der Waals surface area (Å²) >= 11 is 0. The molecule has 0 aliphatic carbocycles. The zero-order valence-electron chi connectivity index (χ0n) is 17.5. The van der Waals surface area contributed by atoms with E-state index in [1.54, 1.807) is 0 Å². The molecule has 2 aromatic heterocycles. The van der Waals surface area contributed by atoms with Crippen LogP contribution in [0.2, 0.25) is 0 Å². The number of hydrogen-bond donors (Lipinski definition) is 0. The van der Waals surface area contributed by atoms with Crippen molar-refractivity contribution in [2.24, 2.45) is 0 Å². The molecule has 1 atom stereocenters. The average molecular weight is 370 g/mol. The maximum Gasteiger partial charge on any atom is 0.0641 e. The second-order valence-electron chi connectivity index (χ2n) is 7.79. The zero-order valence-corrected chi connectivity index (χ0v) is 17.5. The normalized spacial score (nSPS) is 17.9. The van der Waals surface area contributed by atoms with Crippen LogP contribution in [0.3, 0.4) is 0 Å². The molecule has 0 spiro atoms. The monoisotopic (exact) mass is 369 g/mol. The molecule has 0 radical (unpaired) electrons. The number of rotatable bonds is 9. The second kappa shape index (κ2) is 9.47. The number of aryl methyl sites for hydroxylation is 2. The summed E-state index contributed by atoms with van der Waals surface area (Å²) in [4.78, 5) is 9.79. The maximum absolute atomic E-state index is 4.79. The van der Waals surface area contributed by atoms with Crippen molar-refractivity contribution in [3.05, 3.63) is 47.0 Å². The van der Waals surface area contributed by atoms with E-state index in [2.05, 4.69) is 59.3 Å². The van der Waals surface area contributed by atoms with E-state index in [0.717, 1.165) is 44.8 Å². The van der Waals surface area contributed by atoms with Gasteiger partial charge in [0, 0.05) is 49.7 Å². The van der Waals surface area contributed by atoms with Gasteiger partial charge in [-0.1, -0.05) is 19.9 Å². The third-order valence-electron chi connectivity index (χ3n) is 5.83. The van der Waals surface area contributed by atoms with Gasteiger partial charge in [0.05, 0.1) is 11.4 Å². The summed E-state index contributed by atoms with van der Waals surface area (Å²) in [7, 11) is 0. The van der Waals surface area contributed by atoms with Crippen LogP contribution in [0.15, 0.2) is 24.4 Å². The maximum atomic E-state index is 4.79. The number of pyridine rings is 1. The first-order valence-corrected chi connectivity index (χ1v) is 10.5. The van der Waals surface area contributed by atoms with Crippen molar-refractivity contribution in [2.45, 2.75) is 72.6 Å². The summed E-state index contributed by atoms with van der Waals surface area (Å²) in [5.74, 6) is 0. The standard InChI is InChI=1S/C22H35N5/c1-5-13-27-19(4)22(18(3)24-27)17-25(15-20-10-7-8-12-23-20)16-21-11-9-14-26(21)6-2/h7-8,10,12,21H,5-6,9,11,13-17H2,1-4H3. The van der Waals surface area contributed by atoms with Gasteiger partial charge in [0.2, 0.25) is 0 Å². The highest BCUT2D eigenvalue weighted by Crippen LogP contribution is 2.22. The van der Waals surface area contributed by atoms with Crippen LogP contribution < -0.4 is 0 Å². The number of nitrogens with zero attached hydrogens (tertiary/aromatic N) is 5. The number of likely N-dealkylation sites (N-methyl/N-ethyl adjacent to an activating group) is 1. The number of hydrogen-bond acceptors (Lipinski definition) is 4. The summed E-state index contributed by atoms with van der Waals surface area (Å²) in [6, 6.07) is 6.88. The highest BCUT2D eigenvalue weighted by Gasteiger charge is 2.26. The Labute approximate surface area is 164 Å². The average Bonchev–Trinajstić information content (AvgIpc) is 3.22. The molecule has 1 fully saturated rings. The van der Waals surface area contributed by atoms with Gasteiger partial charge in [0.15, 0.2) is 0 Å². The third-order valence-corrected chi connectivity index (χ3v) is 5.83. The molecule has 0 saturated carbocycles. The quantitative estimate of drug-likeness (QED) is 0.674. The first-order valence-electron chi connectivity index (χ1n) is 10.5. The molecule has 1 aliphatic rings. The summed E-state index contributed by atoms with van der Waals surface area (Å²) in [5, 5.41) is 4.79. The Kier molecular flexibility index (Phi) is 7.02. The van der Waals surface area contributed by atoms with Crippen molar-refractivity contribution in [3.63, 3.8) is 0 Å². The van der Waals surface area contributed by atoms with Gasteiger partial charge in [-0.3, -0.25) is 19.5 Å². The third kappa shape index (κ3) is 4.96. The van der Waals surface area contributed by atoms with Crippen LogP contribution >= 0.6 is 0 Å². The van der Waals surface area contributed by atoms with Gasteiger partial charge < -0.3 is 0 Å². The molecule has 0 amide bonds. The minimum Gasteiger partial charge on any atom is -0.299 e. The minimum absolute atomic E-state index is 0.657. The predicted molar refractivity (Wildman–Crippen MR) is 111 cm³/mol. The van der Waals surface area contributed by atoms with Crippen LogP contribution in [-0.2, 0) is 19.6 Å². The topological polar surface area (TPSA) is 37.2 Å².